The van der Waals surface area contributed by atoms with Crippen LogP contribution < -0.4 is 10.6 Å². The van der Waals surface area contributed by atoms with Gasteiger partial charge in [0.05, 0.1) is 5.02 Å². The van der Waals surface area contributed by atoms with Gasteiger partial charge in [-0.3, -0.25) is 0 Å². The van der Waals surface area contributed by atoms with Crippen LogP contribution in [0.2, 0.25) is 5.02 Å². The lowest BCUT2D eigenvalue weighted by molar-refractivity contribution is 0.609. The van der Waals surface area contributed by atoms with Crippen LogP contribution in [0.4, 0.5) is 15.9 Å². The first-order valence-corrected chi connectivity index (χ1v) is 6.38. The molecule has 1 aromatic carbocycles. The van der Waals surface area contributed by atoms with E-state index in [1.165, 1.54) is 12.3 Å². The maximum absolute atomic E-state index is 13.9. The van der Waals surface area contributed by atoms with Crippen molar-refractivity contribution in [2.75, 3.05) is 17.2 Å². The summed E-state index contributed by atoms with van der Waals surface area (Å²) in [7, 11) is 0. The number of rotatable bonds is 4. The van der Waals surface area contributed by atoms with E-state index >= 15 is 0 Å². The monoisotopic (exact) mass is 279 g/mol. The number of aromatic nitrogens is 1. The Hall–Kier alpha value is -1.81. The minimum Gasteiger partial charge on any atom is -0.399 e. The van der Waals surface area contributed by atoms with Crippen LogP contribution in [0.5, 0.6) is 0 Å². The second-order valence-electron chi connectivity index (χ2n) is 4.22. The van der Waals surface area contributed by atoms with Gasteiger partial charge < -0.3 is 10.6 Å². The molecule has 0 unspecified atom stereocenters. The lowest BCUT2D eigenvalue weighted by atomic mass is 10.2. The van der Waals surface area contributed by atoms with Gasteiger partial charge in [-0.1, -0.05) is 23.7 Å². The SMILES string of the molecule is CCN(Cc1cccc(N)c1)c1ncc(Cl)cc1F. The second kappa shape index (κ2) is 5.89. The number of nitrogen functional groups attached to an aromatic ring is 1. The van der Waals surface area contributed by atoms with Crippen molar-refractivity contribution in [3.05, 3.63) is 52.9 Å². The van der Waals surface area contributed by atoms with E-state index in [2.05, 4.69) is 4.98 Å². The Kier molecular flexibility index (Phi) is 4.22. The van der Waals surface area contributed by atoms with Gasteiger partial charge in [0, 0.05) is 25.0 Å². The third-order valence-corrected chi connectivity index (χ3v) is 3.00. The van der Waals surface area contributed by atoms with Gasteiger partial charge in [0.2, 0.25) is 0 Å². The molecule has 0 amide bonds. The Morgan fingerprint density at radius 3 is 2.79 bits per heavy atom. The highest BCUT2D eigenvalue weighted by Gasteiger charge is 2.12. The first-order valence-electron chi connectivity index (χ1n) is 6.00. The normalized spacial score (nSPS) is 10.5. The van der Waals surface area contributed by atoms with Crippen LogP contribution in [0.15, 0.2) is 36.5 Å². The summed E-state index contributed by atoms with van der Waals surface area (Å²) < 4.78 is 13.9. The molecule has 0 saturated carbocycles. The van der Waals surface area contributed by atoms with Crippen molar-refractivity contribution in [3.8, 4) is 0 Å². The summed E-state index contributed by atoms with van der Waals surface area (Å²) in [6, 6.07) is 8.79. The van der Waals surface area contributed by atoms with Crippen LogP contribution in [0.1, 0.15) is 12.5 Å². The van der Waals surface area contributed by atoms with Gasteiger partial charge in [-0.25, -0.2) is 9.37 Å². The molecule has 5 heteroatoms. The molecule has 0 spiro atoms. The molecule has 2 rings (SSSR count). The molecule has 2 aromatic rings. The Balaban J connectivity index is 2.25. The number of hydrogen-bond donors (Lipinski definition) is 1. The van der Waals surface area contributed by atoms with E-state index in [0.717, 1.165) is 5.56 Å². The van der Waals surface area contributed by atoms with Crippen LogP contribution in [-0.2, 0) is 6.54 Å². The minimum atomic E-state index is -0.418. The van der Waals surface area contributed by atoms with Crippen molar-refractivity contribution in [1.82, 2.24) is 4.98 Å². The third kappa shape index (κ3) is 3.35. The topological polar surface area (TPSA) is 42.1 Å². The van der Waals surface area contributed by atoms with Gasteiger partial charge in [0.25, 0.3) is 0 Å². The average molecular weight is 280 g/mol. The first kappa shape index (κ1) is 13.6. The molecule has 0 aliphatic rings. The fraction of sp³-hybridized carbons (Fsp3) is 0.214. The van der Waals surface area contributed by atoms with Crippen LogP contribution in [0.25, 0.3) is 0 Å². The predicted octanol–water partition coefficient (Wildman–Crippen LogP) is 3.48. The molecule has 1 aromatic heterocycles. The highest BCUT2D eigenvalue weighted by atomic mass is 35.5. The Bertz CT molecular complexity index is 574. The molecule has 19 heavy (non-hydrogen) atoms. The van der Waals surface area contributed by atoms with Crippen molar-refractivity contribution in [3.63, 3.8) is 0 Å². The molecule has 3 nitrogen and oxygen atoms in total. The van der Waals surface area contributed by atoms with E-state index in [1.54, 1.807) is 0 Å². The predicted molar refractivity (Wildman–Crippen MR) is 76.8 cm³/mol. The highest BCUT2D eigenvalue weighted by molar-refractivity contribution is 6.30. The summed E-state index contributed by atoms with van der Waals surface area (Å²) in [6.45, 7) is 3.13. The van der Waals surface area contributed by atoms with E-state index in [-0.39, 0.29) is 0 Å². The molecule has 2 N–H and O–H groups in total. The van der Waals surface area contributed by atoms with Crippen LogP contribution >= 0.6 is 11.6 Å². The number of nitrogens with two attached hydrogens (primary N) is 1. The van der Waals surface area contributed by atoms with Crippen molar-refractivity contribution in [2.45, 2.75) is 13.5 Å². The smallest absolute Gasteiger partial charge is 0.167 e. The lowest BCUT2D eigenvalue weighted by Gasteiger charge is -2.22. The molecule has 1 heterocycles. The largest absolute Gasteiger partial charge is 0.399 e. The molecule has 0 aliphatic carbocycles. The van der Waals surface area contributed by atoms with Gasteiger partial charge in [-0.2, -0.15) is 0 Å². The van der Waals surface area contributed by atoms with Crippen molar-refractivity contribution in [2.24, 2.45) is 0 Å². The lowest BCUT2D eigenvalue weighted by Crippen LogP contribution is -2.24. The highest BCUT2D eigenvalue weighted by Crippen LogP contribution is 2.21. The number of pyridine rings is 1. The van der Waals surface area contributed by atoms with Crippen molar-refractivity contribution < 1.29 is 4.39 Å². The molecule has 0 atom stereocenters. The Labute approximate surface area is 116 Å². The Morgan fingerprint density at radius 1 is 1.37 bits per heavy atom. The summed E-state index contributed by atoms with van der Waals surface area (Å²) in [6.07, 6.45) is 1.45. The average Bonchev–Trinajstić information content (AvgIpc) is 2.37. The standard InChI is InChI=1S/C14H15ClFN3/c1-2-19(9-10-4-3-5-12(17)6-10)14-13(16)7-11(15)8-18-14/h3-8H,2,9,17H2,1H3. The number of benzene rings is 1. The van der Waals surface area contributed by atoms with E-state index in [1.807, 2.05) is 36.1 Å². The minimum absolute atomic E-state index is 0.293. The number of halogens is 2. The van der Waals surface area contributed by atoms with Crippen LogP contribution in [0.3, 0.4) is 0 Å². The maximum atomic E-state index is 13.9. The van der Waals surface area contributed by atoms with E-state index in [0.29, 0.717) is 29.6 Å². The van der Waals surface area contributed by atoms with E-state index in [4.69, 9.17) is 17.3 Å². The molecular weight excluding hydrogens is 265 g/mol. The summed E-state index contributed by atoms with van der Waals surface area (Å²) in [5, 5.41) is 0.293. The third-order valence-electron chi connectivity index (χ3n) is 2.79. The molecule has 100 valence electrons. The zero-order chi connectivity index (χ0) is 13.8. The molecule has 0 radical (unpaired) electrons. The molecule has 0 fully saturated rings. The quantitative estimate of drug-likeness (QED) is 0.871. The number of nitrogens with zero attached hydrogens (tertiary/aromatic N) is 2. The summed E-state index contributed by atoms with van der Waals surface area (Å²) in [5.74, 6) is -0.118. The summed E-state index contributed by atoms with van der Waals surface area (Å²) >= 11 is 5.71. The zero-order valence-electron chi connectivity index (χ0n) is 10.6. The zero-order valence-corrected chi connectivity index (χ0v) is 11.4. The Morgan fingerprint density at radius 2 is 2.16 bits per heavy atom. The number of anilines is 2. The summed E-state index contributed by atoms with van der Waals surface area (Å²) in [5.41, 5.74) is 7.44. The van der Waals surface area contributed by atoms with Gasteiger partial charge in [-0.05, 0) is 30.7 Å². The maximum Gasteiger partial charge on any atom is 0.167 e. The van der Waals surface area contributed by atoms with Crippen molar-refractivity contribution in [1.29, 1.82) is 0 Å². The van der Waals surface area contributed by atoms with E-state index in [9.17, 15) is 4.39 Å². The summed E-state index contributed by atoms with van der Waals surface area (Å²) in [4.78, 5) is 5.89. The van der Waals surface area contributed by atoms with Crippen molar-refractivity contribution >= 4 is 23.1 Å². The first-order chi connectivity index (χ1) is 9.10. The van der Waals surface area contributed by atoms with Crippen LogP contribution in [0, 0.1) is 5.82 Å². The fourth-order valence-corrected chi connectivity index (χ4v) is 2.03. The van der Waals surface area contributed by atoms with Gasteiger partial charge in [0.1, 0.15) is 0 Å². The molecule has 0 aliphatic heterocycles. The van der Waals surface area contributed by atoms with Gasteiger partial charge in [0.15, 0.2) is 11.6 Å². The van der Waals surface area contributed by atoms with E-state index < -0.39 is 5.82 Å². The van der Waals surface area contributed by atoms with Gasteiger partial charge in [-0.15, -0.1) is 0 Å². The number of hydrogen-bond acceptors (Lipinski definition) is 3. The fourth-order valence-electron chi connectivity index (χ4n) is 1.89. The van der Waals surface area contributed by atoms with Crippen LogP contribution in [-0.4, -0.2) is 11.5 Å². The molecule has 0 bridgehead atoms. The molecule has 0 saturated heterocycles. The second-order valence-corrected chi connectivity index (χ2v) is 4.65. The molecular formula is C14H15ClFN3. The van der Waals surface area contributed by atoms with Gasteiger partial charge >= 0.3 is 0 Å².